The zero-order valence-corrected chi connectivity index (χ0v) is 18.6. The van der Waals surface area contributed by atoms with Crippen LogP contribution in [-0.4, -0.2) is 46.9 Å². The molecule has 9 heteroatoms. The van der Waals surface area contributed by atoms with E-state index in [1.807, 2.05) is 12.1 Å². The van der Waals surface area contributed by atoms with Crippen LogP contribution in [0.15, 0.2) is 36.4 Å². The molecule has 0 fully saturated rings. The maximum atomic E-state index is 12.8. The van der Waals surface area contributed by atoms with Gasteiger partial charge in [0.2, 0.25) is 11.8 Å². The van der Waals surface area contributed by atoms with Crippen molar-refractivity contribution in [2.45, 2.75) is 46.2 Å². The zero-order chi connectivity index (χ0) is 23.8. The number of carbonyl (C=O) groups is 5. The van der Waals surface area contributed by atoms with Gasteiger partial charge >= 0.3 is 0 Å². The van der Waals surface area contributed by atoms with Crippen LogP contribution in [0.3, 0.4) is 0 Å². The van der Waals surface area contributed by atoms with Crippen molar-refractivity contribution in [2.24, 2.45) is 17.6 Å². The van der Waals surface area contributed by atoms with Crippen LogP contribution in [0.25, 0.3) is 0 Å². The minimum absolute atomic E-state index is 0.0388. The van der Waals surface area contributed by atoms with Crippen molar-refractivity contribution in [3.8, 4) is 0 Å². The van der Waals surface area contributed by atoms with Crippen molar-refractivity contribution < 1.29 is 24.0 Å². The van der Waals surface area contributed by atoms with Gasteiger partial charge in [-0.05, 0) is 23.6 Å². The van der Waals surface area contributed by atoms with Crippen molar-refractivity contribution in [2.75, 3.05) is 11.9 Å². The van der Waals surface area contributed by atoms with E-state index in [1.54, 1.807) is 32.9 Å². The monoisotopic (exact) mass is 442 g/mol. The van der Waals surface area contributed by atoms with Crippen LogP contribution < -0.4 is 16.4 Å². The standard InChI is InChI=1S/C23H30N4O5/c1-14(2)22(26-19(29)10-11-27-20(30)8-9-21(27)31)18(28)12-15(3)23(32)25-17-6-4-16(13-24)5-7-17/h4-9,14-15,22H,10-13,24H2,1-3H3,(H,25,32)(H,26,29)/t15-,22?/m1/s1. The highest BCUT2D eigenvalue weighted by molar-refractivity contribution is 6.13. The van der Waals surface area contributed by atoms with Gasteiger partial charge in [0.05, 0.1) is 6.04 Å². The van der Waals surface area contributed by atoms with Crippen LogP contribution in [0.2, 0.25) is 0 Å². The molecule has 1 unspecified atom stereocenters. The number of benzene rings is 1. The van der Waals surface area contributed by atoms with Crippen LogP contribution in [0.1, 0.15) is 39.2 Å². The van der Waals surface area contributed by atoms with Crippen LogP contribution >= 0.6 is 0 Å². The number of hydrogen-bond acceptors (Lipinski definition) is 6. The van der Waals surface area contributed by atoms with E-state index in [-0.39, 0.29) is 37.0 Å². The molecule has 1 aliphatic rings. The summed E-state index contributed by atoms with van der Waals surface area (Å²) in [6, 6.07) is 6.35. The quantitative estimate of drug-likeness (QED) is 0.439. The first-order chi connectivity index (χ1) is 15.1. The summed E-state index contributed by atoms with van der Waals surface area (Å²) in [4.78, 5) is 61.7. The van der Waals surface area contributed by atoms with Gasteiger partial charge in [-0.3, -0.25) is 28.9 Å². The molecule has 0 bridgehead atoms. The predicted octanol–water partition coefficient (Wildman–Crippen LogP) is 1.14. The Balaban J connectivity index is 1.87. The lowest BCUT2D eigenvalue weighted by atomic mass is 9.92. The van der Waals surface area contributed by atoms with E-state index in [1.165, 1.54) is 0 Å². The molecule has 0 radical (unpaired) electrons. The Labute approximate surface area is 187 Å². The molecule has 0 saturated carbocycles. The number of anilines is 1. The molecule has 9 nitrogen and oxygen atoms in total. The molecule has 1 heterocycles. The second-order valence-corrected chi connectivity index (χ2v) is 8.16. The van der Waals surface area contributed by atoms with Crippen LogP contribution in [0.5, 0.6) is 0 Å². The summed E-state index contributed by atoms with van der Waals surface area (Å²) < 4.78 is 0. The van der Waals surface area contributed by atoms with Gasteiger partial charge in [-0.25, -0.2) is 0 Å². The third-order valence-corrected chi connectivity index (χ3v) is 5.21. The van der Waals surface area contributed by atoms with Crippen molar-refractivity contribution in [3.63, 3.8) is 0 Å². The van der Waals surface area contributed by atoms with Crippen molar-refractivity contribution in [3.05, 3.63) is 42.0 Å². The molecule has 1 aromatic carbocycles. The van der Waals surface area contributed by atoms with Gasteiger partial charge in [-0.15, -0.1) is 0 Å². The average Bonchev–Trinajstić information content (AvgIpc) is 3.07. The number of nitrogens with zero attached hydrogens (tertiary/aromatic N) is 1. The lowest BCUT2D eigenvalue weighted by Crippen LogP contribution is -2.46. The second kappa shape index (κ2) is 11.3. The molecule has 172 valence electrons. The number of amides is 4. The fourth-order valence-corrected chi connectivity index (χ4v) is 3.24. The number of imide groups is 1. The average molecular weight is 443 g/mol. The summed E-state index contributed by atoms with van der Waals surface area (Å²) in [7, 11) is 0. The molecule has 4 amide bonds. The number of Topliss-reactive ketones (excluding diaryl/α,β-unsaturated/α-hetero) is 1. The SMILES string of the molecule is CC(C)C(NC(=O)CCN1C(=O)C=CC1=O)C(=O)C[C@@H](C)C(=O)Nc1ccc(CN)cc1. The fourth-order valence-electron chi connectivity index (χ4n) is 3.24. The number of nitrogens with one attached hydrogen (secondary N) is 2. The highest BCUT2D eigenvalue weighted by Crippen LogP contribution is 2.15. The summed E-state index contributed by atoms with van der Waals surface area (Å²) in [5.41, 5.74) is 7.12. The number of hydrogen-bond donors (Lipinski definition) is 3. The van der Waals surface area contributed by atoms with Gasteiger partial charge in [-0.1, -0.05) is 32.9 Å². The first kappa shape index (κ1) is 24.9. The minimum atomic E-state index is -0.773. The van der Waals surface area contributed by atoms with E-state index in [2.05, 4.69) is 10.6 Å². The first-order valence-corrected chi connectivity index (χ1v) is 10.6. The van der Waals surface area contributed by atoms with Gasteiger partial charge in [0, 0.05) is 49.7 Å². The fraction of sp³-hybridized carbons (Fsp3) is 0.435. The number of carbonyl (C=O) groups excluding carboxylic acids is 5. The van der Waals surface area contributed by atoms with Crippen molar-refractivity contribution in [1.82, 2.24) is 10.2 Å². The molecule has 0 saturated heterocycles. The number of nitrogens with two attached hydrogens (primary N) is 1. The molecule has 1 aromatic rings. The largest absolute Gasteiger partial charge is 0.346 e. The number of ketones is 1. The van der Waals surface area contributed by atoms with Crippen LogP contribution in [0.4, 0.5) is 5.69 Å². The second-order valence-electron chi connectivity index (χ2n) is 8.16. The van der Waals surface area contributed by atoms with E-state index < -0.39 is 29.7 Å². The van der Waals surface area contributed by atoms with Gasteiger partial charge in [0.1, 0.15) is 0 Å². The Hall–Kier alpha value is -3.33. The molecular formula is C23H30N4O5. The lowest BCUT2D eigenvalue weighted by Gasteiger charge is -2.23. The molecule has 0 aliphatic carbocycles. The third-order valence-electron chi connectivity index (χ3n) is 5.21. The maximum absolute atomic E-state index is 12.8. The molecule has 32 heavy (non-hydrogen) atoms. The van der Waals surface area contributed by atoms with E-state index in [9.17, 15) is 24.0 Å². The highest BCUT2D eigenvalue weighted by atomic mass is 16.2. The first-order valence-electron chi connectivity index (χ1n) is 10.6. The Bertz CT molecular complexity index is 889. The van der Waals surface area contributed by atoms with E-state index in [0.717, 1.165) is 22.6 Å². The molecule has 1 aliphatic heterocycles. The summed E-state index contributed by atoms with van der Waals surface area (Å²) >= 11 is 0. The Morgan fingerprint density at radius 3 is 2.12 bits per heavy atom. The van der Waals surface area contributed by atoms with E-state index >= 15 is 0 Å². The van der Waals surface area contributed by atoms with Gasteiger partial charge < -0.3 is 16.4 Å². The van der Waals surface area contributed by atoms with E-state index in [0.29, 0.717) is 12.2 Å². The lowest BCUT2D eigenvalue weighted by molar-refractivity contribution is -0.137. The zero-order valence-electron chi connectivity index (χ0n) is 18.6. The van der Waals surface area contributed by atoms with Gasteiger partial charge in [0.15, 0.2) is 5.78 Å². The molecule has 0 spiro atoms. The molecule has 2 rings (SSSR count). The summed E-state index contributed by atoms with van der Waals surface area (Å²) in [5.74, 6) is -2.71. The smallest absolute Gasteiger partial charge is 0.253 e. The third kappa shape index (κ3) is 6.84. The Morgan fingerprint density at radius 1 is 1.00 bits per heavy atom. The maximum Gasteiger partial charge on any atom is 0.253 e. The summed E-state index contributed by atoms with van der Waals surface area (Å²) in [5, 5.41) is 5.45. The molecule has 0 aromatic heterocycles. The molecular weight excluding hydrogens is 412 g/mol. The van der Waals surface area contributed by atoms with Gasteiger partial charge in [0.25, 0.3) is 11.8 Å². The highest BCUT2D eigenvalue weighted by Gasteiger charge is 2.29. The summed E-state index contributed by atoms with van der Waals surface area (Å²) in [6.45, 7) is 5.59. The molecule has 2 atom stereocenters. The summed E-state index contributed by atoms with van der Waals surface area (Å²) in [6.07, 6.45) is 2.16. The number of rotatable bonds is 11. The normalized spacial score (nSPS) is 15.1. The minimum Gasteiger partial charge on any atom is -0.346 e. The van der Waals surface area contributed by atoms with Crippen LogP contribution in [-0.2, 0) is 30.5 Å². The van der Waals surface area contributed by atoms with Crippen LogP contribution in [0, 0.1) is 11.8 Å². The van der Waals surface area contributed by atoms with E-state index in [4.69, 9.17) is 5.73 Å². The van der Waals surface area contributed by atoms with Gasteiger partial charge in [-0.2, -0.15) is 0 Å². The predicted molar refractivity (Wildman–Crippen MR) is 119 cm³/mol. The Morgan fingerprint density at radius 2 is 1.59 bits per heavy atom. The van der Waals surface area contributed by atoms with Crippen molar-refractivity contribution >= 4 is 35.1 Å². The van der Waals surface area contributed by atoms with Crippen molar-refractivity contribution in [1.29, 1.82) is 0 Å². The topological polar surface area (TPSA) is 139 Å². The Kier molecular flexibility index (Phi) is 8.83. The molecule has 4 N–H and O–H groups in total.